The van der Waals surface area contributed by atoms with Crippen LogP contribution in [0.15, 0.2) is 36.4 Å². The minimum absolute atomic E-state index is 0.00622. The lowest BCUT2D eigenvalue weighted by molar-refractivity contribution is -0.0116. The van der Waals surface area contributed by atoms with Crippen LogP contribution in [-0.4, -0.2) is 48.6 Å². The van der Waals surface area contributed by atoms with Crippen molar-refractivity contribution >= 4 is 0 Å². The van der Waals surface area contributed by atoms with Gasteiger partial charge in [0.05, 0.1) is 0 Å². The Morgan fingerprint density at radius 1 is 1.15 bits per heavy atom. The minimum Gasteiger partial charge on any atom is -0.486 e. The van der Waals surface area contributed by atoms with Crippen molar-refractivity contribution in [1.29, 1.82) is 0 Å². The number of hydrogen-bond acceptors (Lipinski definition) is 3. The van der Waals surface area contributed by atoms with Crippen LogP contribution in [0, 0.1) is 5.92 Å². The summed E-state index contributed by atoms with van der Waals surface area (Å²) in [5.74, 6) is 1.96. The fraction of sp³-hybridized carbons (Fsp3) is 0.652. The number of nitrogens with zero attached hydrogens (tertiary/aromatic N) is 2. The predicted molar refractivity (Wildman–Crippen MR) is 108 cm³/mol. The molecule has 1 saturated carbocycles. The Labute approximate surface area is 159 Å². The summed E-state index contributed by atoms with van der Waals surface area (Å²) in [5, 5.41) is 0. The summed E-state index contributed by atoms with van der Waals surface area (Å²) in [4.78, 5) is 5.09. The summed E-state index contributed by atoms with van der Waals surface area (Å²) in [5.41, 5.74) is 1.34. The predicted octanol–water partition coefficient (Wildman–Crippen LogP) is 4.48. The number of allylic oxidation sites excluding steroid dienone is 2. The van der Waals surface area contributed by atoms with E-state index in [2.05, 4.69) is 60.3 Å². The van der Waals surface area contributed by atoms with E-state index in [-0.39, 0.29) is 5.60 Å². The summed E-state index contributed by atoms with van der Waals surface area (Å²) in [7, 11) is 4.58. The van der Waals surface area contributed by atoms with Crippen LogP contribution in [0.2, 0.25) is 0 Å². The molecule has 1 heterocycles. The molecule has 0 aromatic heterocycles. The zero-order chi connectivity index (χ0) is 18.0. The Balaban J connectivity index is 1.38. The summed E-state index contributed by atoms with van der Waals surface area (Å²) in [6, 6.07) is 9.32. The quantitative estimate of drug-likeness (QED) is 0.744. The number of ether oxygens (including phenoxy) is 1. The van der Waals surface area contributed by atoms with Crippen molar-refractivity contribution in [2.75, 3.05) is 27.2 Å². The van der Waals surface area contributed by atoms with Crippen LogP contribution in [-0.2, 0) is 6.54 Å². The molecule has 0 bridgehead atoms. The first-order valence-corrected chi connectivity index (χ1v) is 10.4. The van der Waals surface area contributed by atoms with E-state index in [0.29, 0.717) is 0 Å². The normalized spacial score (nSPS) is 32.3. The lowest BCUT2D eigenvalue weighted by atomic mass is 9.80. The van der Waals surface area contributed by atoms with Crippen LogP contribution >= 0.6 is 0 Å². The van der Waals surface area contributed by atoms with Gasteiger partial charge in [0, 0.05) is 31.2 Å². The molecule has 2 aliphatic carbocycles. The van der Waals surface area contributed by atoms with Crippen molar-refractivity contribution in [3.8, 4) is 5.75 Å². The molecule has 0 amide bonds. The second kappa shape index (κ2) is 7.74. The van der Waals surface area contributed by atoms with E-state index in [1.54, 1.807) is 0 Å². The molecular weight excluding hydrogens is 320 g/mol. The number of rotatable bonds is 3. The Kier molecular flexibility index (Phi) is 5.37. The molecule has 26 heavy (non-hydrogen) atoms. The SMILES string of the molecule is CN1Cc2ccccc2OC2(CCC(N(C)C[C@H]3CC=CCC3)CC2)C1. The molecule has 4 rings (SSSR count). The second-order valence-corrected chi connectivity index (χ2v) is 8.89. The van der Waals surface area contributed by atoms with Crippen LogP contribution in [0.1, 0.15) is 50.5 Å². The molecular formula is C23H34N2O. The van der Waals surface area contributed by atoms with Gasteiger partial charge in [-0.15, -0.1) is 0 Å². The monoisotopic (exact) mass is 354 g/mol. The van der Waals surface area contributed by atoms with Crippen LogP contribution in [0.25, 0.3) is 0 Å². The standard InChI is InChI=1S/C23H34N2O/c1-24-17-20-10-6-7-11-22(20)26-23(18-24)14-12-21(13-15-23)25(2)16-19-8-4-3-5-9-19/h3-4,6-7,10-11,19,21H,5,8-9,12-18H2,1-2H3/t19-,21?,23?/m0/s1. The third-order valence-corrected chi connectivity index (χ3v) is 6.71. The summed E-state index contributed by atoms with van der Waals surface area (Å²) < 4.78 is 6.66. The highest BCUT2D eigenvalue weighted by Crippen LogP contribution is 2.39. The molecule has 0 N–H and O–H groups in total. The zero-order valence-corrected chi connectivity index (χ0v) is 16.5. The van der Waals surface area contributed by atoms with Gasteiger partial charge in [0.1, 0.15) is 11.4 Å². The first-order chi connectivity index (χ1) is 12.6. The van der Waals surface area contributed by atoms with E-state index in [9.17, 15) is 0 Å². The topological polar surface area (TPSA) is 15.7 Å². The highest BCUT2D eigenvalue weighted by Gasteiger charge is 2.41. The van der Waals surface area contributed by atoms with Gasteiger partial charge in [-0.05, 0) is 71.0 Å². The van der Waals surface area contributed by atoms with Gasteiger partial charge < -0.3 is 9.64 Å². The van der Waals surface area contributed by atoms with Crippen LogP contribution in [0.3, 0.4) is 0 Å². The maximum atomic E-state index is 6.66. The molecule has 1 atom stereocenters. The van der Waals surface area contributed by atoms with E-state index < -0.39 is 0 Å². The average molecular weight is 355 g/mol. The number of benzene rings is 1. The van der Waals surface area contributed by atoms with E-state index in [1.165, 1.54) is 57.1 Å². The number of para-hydroxylation sites is 1. The van der Waals surface area contributed by atoms with E-state index >= 15 is 0 Å². The molecule has 0 unspecified atom stereocenters. The molecule has 1 fully saturated rings. The minimum atomic E-state index is 0.00622. The Morgan fingerprint density at radius 2 is 1.96 bits per heavy atom. The Hall–Kier alpha value is -1.32. The average Bonchev–Trinajstić information content (AvgIpc) is 2.78. The lowest BCUT2D eigenvalue weighted by Crippen LogP contribution is -2.50. The number of hydrogen-bond donors (Lipinski definition) is 0. The van der Waals surface area contributed by atoms with Crippen LogP contribution < -0.4 is 4.74 Å². The van der Waals surface area contributed by atoms with Crippen LogP contribution in [0.4, 0.5) is 0 Å². The fourth-order valence-corrected chi connectivity index (χ4v) is 5.25. The third kappa shape index (κ3) is 3.99. The zero-order valence-electron chi connectivity index (χ0n) is 16.5. The summed E-state index contributed by atoms with van der Waals surface area (Å²) in [6.07, 6.45) is 13.5. The van der Waals surface area contributed by atoms with Gasteiger partial charge in [0.25, 0.3) is 0 Å². The molecule has 3 aliphatic rings. The highest BCUT2D eigenvalue weighted by molar-refractivity contribution is 5.35. The van der Waals surface area contributed by atoms with Gasteiger partial charge in [0.2, 0.25) is 0 Å². The van der Waals surface area contributed by atoms with Gasteiger partial charge in [0.15, 0.2) is 0 Å². The molecule has 1 aliphatic heterocycles. The Bertz CT molecular complexity index is 633. The molecule has 1 spiro atoms. The molecule has 1 aromatic rings. The largest absolute Gasteiger partial charge is 0.486 e. The van der Waals surface area contributed by atoms with Crippen molar-refractivity contribution in [1.82, 2.24) is 9.80 Å². The second-order valence-electron chi connectivity index (χ2n) is 8.89. The van der Waals surface area contributed by atoms with Crippen molar-refractivity contribution in [2.45, 2.75) is 63.1 Å². The summed E-state index contributed by atoms with van der Waals surface area (Å²) >= 11 is 0. The van der Waals surface area contributed by atoms with Crippen molar-refractivity contribution < 1.29 is 4.74 Å². The number of fused-ring (bicyclic) bond motifs is 1. The Morgan fingerprint density at radius 3 is 2.73 bits per heavy atom. The molecule has 3 heteroatoms. The fourth-order valence-electron chi connectivity index (χ4n) is 5.25. The van der Waals surface area contributed by atoms with Gasteiger partial charge in [-0.2, -0.15) is 0 Å². The first kappa shape index (κ1) is 18.1. The number of likely N-dealkylation sites (N-methyl/N-ethyl adjacent to an activating group) is 1. The maximum Gasteiger partial charge on any atom is 0.124 e. The van der Waals surface area contributed by atoms with E-state index in [4.69, 9.17) is 4.74 Å². The molecule has 0 radical (unpaired) electrons. The van der Waals surface area contributed by atoms with Gasteiger partial charge in [-0.3, -0.25) is 4.90 Å². The summed E-state index contributed by atoms with van der Waals surface area (Å²) in [6.45, 7) is 3.30. The van der Waals surface area contributed by atoms with Gasteiger partial charge in [-0.1, -0.05) is 30.4 Å². The van der Waals surface area contributed by atoms with E-state index in [0.717, 1.165) is 30.8 Å². The van der Waals surface area contributed by atoms with Gasteiger partial charge >= 0.3 is 0 Å². The van der Waals surface area contributed by atoms with Crippen LogP contribution in [0.5, 0.6) is 5.75 Å². The molecule has 0 saturated heterocycles. The highest BCUT2D eigenvalue weighted by atomic mass is 16.5. The van der Waals surface area contributed by atoms with Gasteiger partial charge in [-0.25, -0.2) is 0 Å². The third-order valence-electron chi connectivity index (χ3n) is 6.71. The maximum absolute atomic E-state index is 6.66. The first-order valence-electron chi connectivity index (χ1n) is 10.4. The van der Waals surface area contributed by atoms with E-state index in [1.807, 2.05) is 0 Å². The molecule has 1 aromatic carbocycles. The lowest BCUT2D eigenvalue weighted by Gasteiger charge is -2.43. The van der Waals surface area contributed by atoms with Crippen molar-refractivity contribution in [3.63, 3.8) is 0 Å². The molecule has 142 valence electrons. The van der Waals surface area contributed by atoms with Crippen molar-refractivity contribution in [3.05, 3.63) is 42.0 Å². The smallest absolute Gasteiger partial charge is 0.124 e. The van der Waals surface area contributed by atoms with Crippen molar-refractivity contribution in [2.24, 2.45) is 5.92 Å². The molecule has 3 nitrogen and oxygen atoms in total.